The van der Waals surface area contributed by atoms with Gasteiger partial charge in [0, 0.05) is 13.1 Å². The molecule has 0 aromatic rings. The number of carboxylic acids is 1. The van der Waals surface area contributed by atoms with Crippen molar-refractivity contribution in [2.75, 3.05) is 13.1 Å². The number of nitrogens with one attached hydrogen (secondary N) is 2. The standard InChI is InChI=1S/C13H24N4O4/c1-13(2,3)21-12(20)16-9(10(18)19)8-4-6-17(7-5-8)11(14)15/h8-9H,4-7H2,1-3H3,(H3,14,15)(H,16,20)(H,18,19)/t9-/m1/s1. The van der Waals surface area contributed by atoms with Gasteiger partial charge in [0.05, 0.1) is 0 Å². The molecular formula is C13H24N4O4. The fourth-order valence-corrected chi connectivity index (χ4v) is 2.29. The van der Waals surface area contributed by atoms with Crippen LogP contribution in [0.3, 0.4) is 0 Å². The second kappa shape index (κ2) is 6.64. The van der Waals surface area contributed by atoms with Crippen LogP contribution in [0.4, 0.5) is 4.79 Å². The molecule has 1 saturated heterocycles. The Labute approximate surface area is 124 Å². The Morgan fingerprint density at radius 2 is 1.90 bits per heavy atom. The molecule has 0 bridgehead atoms. The van der Waals surface area contributed by atoms with E-state index in [0.29, 0.717) is 25.9 Å². The van der Waals surface area contributed by atoms with Crippen LogP contribution in [0, 0.1) is 11.3 Å². The monoisotopic (exact) mass is 300 g/mol. The lowest BCUT2D eigenvalue weighted by molar-refractivity contribution is -0.141. The smallest absolute Gasteiger partial charge is 0.408 e. The summed E-state index contributed by atoms with van der Waals surface area (Å²) in [6.07, 6.45) is 0.363. The summed E-state index contributed by atoms with van der Waals surface area (Å²) in [6, 6.07) is -0.992. The SMILES string of the molecule is CC(C)(C)OC(=O)N[C@@H](C(=O)O)C1CCN(C(=N)N)CC1. The Morgan fingerprint density at radius 3 is 2.29 bits per heavy atom. The van der Waals surface area contributed by atoms with Crippen molar-refractivity contribution in [2.24, 2.45) is 11.7 Å². The predicted octanol–water partition coefficient (Wildman–Crippen LogP) is 0.570. The Morgan fingerprint density at radius 1 is 1.38 bits per heavy atom. The Hall–Kier alpha value is -1.99. The zero-order valence-corrected chi connectivity index (χ0v) is 12.7. The van der Waals surface area contributed by atoms with E-state index in [1.165, 1.54) is 0 Å². The minimum absolute atomic E-state index is 0.0135. The molecule has 1 fully saturated rings. The van der Waals surface area contributed by atoms with Gasteiger partial charge >= 0.3 is 12.1 Å². The number of amides is 1. The van der Waals surface area contributed by atoms with Crippen molar-refractivity contribution in [3.63, 3.8) is 0 Å². The molecule has 1 atom stereocenters. The molecule has 1 rings (SSSR count). The fraction of sp³-hybridized carbons (Fsp3) is 0.769. The van der Waals surface area contributed by atoms with Gasteiger partial charge in [-0.25, -0.2) is 9.59 Å². The lowest BCUT2D eigenvalue weighted by Gasteiger charge is -2.35. The van der Waals surface area contributed by atoms with Gasteiger partial charge in [-0.3, -0.25) is 5.41 Å². The van der Waals surface area contributed by atoms with E-state index in [9.17, 15) is 14.7 Å². The highest BCUT2D eigenvalue weighted by molar-refractivity contribution is 5.80. The van der Waals surface area contributed by atoms with Crippen molar-refractivity contribution in [3.8, 4) is 0 Å². The highest BCUT2D eigenvalue weighted by atomic mass is 16.6. The summed E-state index contributed by atoms with van der Waals surface area (Å²) in [7, 11) is 0. The minimum Gasteiger partial charge on any atom is -0.480 e. The number of carboxylic acid groups (broad SMARTS) is 1. The molecule has 0 unspecified atom stereocenters. The number of carbonyl (C=O) groups is 2. The molecule has 1 amide bonds. The first-order valence-electron chi connectivity index (χ1n) is 6.91. The largest absolute Gasteiger partial charge is 0.480 e. The number of hydrogen-bond donors (Lipinski definition) is 4. The van der Waals surface area contributed by atoms with E-state index in [2.05, 4.69) is 5.32 Å². The summed E-state index contributed by atoms with van der Waals surface area (Å²) < 4.78 is 5.09. The van der Waals surface area contributed by atoms with Crippen molar-refractivity contribution in [2.45, 2.75) is 45.3 Å². The van der Waals surface area contributed by atoms with Crippen molar-refractivity contribution >= 4 is 18.0 Å². The van der Waals surface area contributed by atoms with E-state index in [0.717, 1.165) is 0 Å². The van der Waals surface area contributed by atoms with E-state index in [4.69, 9.17) is 15.9 Å². The van der Waals surface area contributed by atoms with Crippen LogP contribution >= 0.6 is 0 Å². The van der Waals surface area contributed by atoms with Gasteiger partial charge in [0.25, 0.3) is 0 Å². The maximum atomic E-state index is 11.7. The second-order valence-corrected chi connectivity index (χ2v) is 6.17. The maximum Gasteiger partial charge on any atom is 0.408 e. The number of rotatable bonds is 3. The number of nitrogens with two attached hydrogens (primary N) is 1. The van der Waals surface area contributed by atoms with Crippen LogP contribution in [0.5, 0.6) is 0 Å². The first-order valence-corrected chi connectivity index (χ1v) is 6.91. The number of ether oxygens (including phenoxy) is 1. The Balaban J connectivity index is 2.61. The van der Waals surface area contributed by atoms with E-state index in [1.54, 1.807) is 25.7 Å². The molecule has 0 aromatic carbocycles. The molecule has 1 aliphatic rings. The molecule has 8 heteroatoms. The number of guanidine groups is 1. The predicted molar refractivity (Wildman–Crippen MR) is 77.0 cm³/mol. The molecule has 1 aliphatic heterocycles. The highest BCUT2D eigenvalue weighted by Gasteiger charge is 2.34. The number of aliphatic carboxylic acids is 1. The highest BCUT2D eigenvalue weighted by Crippen LogP contribution is 2.21. The molecule has 120 valence electrons. The summed E-state index contributed by atoms with van der Waals surface area (Å²) in [5.41, 5.74) is 4.73. The van der Waals surface area contributed by atoms with Crippen molar-refractivity contribution in [3.05, 3.63) is 0 Å². The number of piperidine rings is 1. The number of alkyl carbamates (subject to hydrolysis) is 1. The minimum atomic E-state index is -1.08. The van der Waals surface area contributed by atoms with Gasteiger partial charge < -0.3 is 25.8 Å². The van der Waals surface area contributed by atoms with Crippen LogP contribution in [-0.4, -0.2) is 52.8 Å². The normalized spacial score (nSPS) is 18.0. The number of nitrogens with zero attached hydrogens (tertiary/aromatic N) is 1. The van der Waals surface area contributed by atoms with Gasteiger partial charge in [0.15, 0.2) is 5.96 Å². The lowest BCUT2D eigenvalue weighted by atomic mass is 9.89. The number of carbonyl (C=O) groups excluding carboxylic acids is 1. The van der Waals surface area contributed by atoms with Crippen molar-refractivity contribution in [1.29, 1.82) is 5.41 Å². The van der Waals surface area contributed by atoms with E-state index in [1.807, 2.05) is 0 Å². The van der Waals surface area contributed by atoms with E-state index >= 15 is 0 Å². The van der Waals surface area contributed by atoms with Crippen LogP contribution in [0.2, 0.25) is 0 Å². The summed E-state index contributed by atoms with van der Waals surface area (Å²) in [6.45, 7) is 6.18. The fourth-order valence-electron chi connectivity index (χ4n) is 2.29. The van der Waals surface area contributed by atoms with Gasteiger partial charge in [-0.05, 0) is 39.5 Å². The Kier molecular flexibility index (Phi) is 5.40. The van der Waals surface area contributed by atoms with Gasteiger partial charge in [-0.1, -0.05) is 0 Å². The summed E-state index contributed by atoms with van der Waals surface area (Å²) in [5.74, 6) is -1.30. The van der Waals surface area contributed by atoms with Gasteiger partial charge in [-0.15, -0.1) is 0 Å². The molecule has 0 spiro atoms. The molecule has 0 aromatic heterocycles. The molecule has 5 N–H and O–H groups in total. The Bertz CT molecular complexity index is 411. The first kappa shape index (κ1) is 17.1. The molecule has 0 saturated carbocycles. The van der Waals surface area contributed by atoms with Gasteiger partial charge in [0.2, 0.25) is 0 Å². The summed E-state index contributed by atoms with van der Waals surface area (Å²) in [5, 5.41) is 19.1. The summed E-state index contributed by atoms with van der Waals surface area (Å²) in [4.78, 5) is 24.8. The van der Waals surface area contributed by atoms with Crippen molar-refractivity contribution in [1.82, 2.24) is 10.2 Å². The van der Waals surface area contributed by atoms with E-state index < -0.39 is 23.7 Å². The summed E-state index contributed by atoms with van der Waals surface area (Å²) >= 11 is 0. The average molecular weight is 300 g/mol. The van der Waals surface area contributed by atoms with E-state index in [-0.39, 0.29) is 11.9 Å². The van der Waals surface area contributed by atoms with Crippen LogP contribution in [-0.2, 0) is 9.53 Å². The first-order chi connectivity index (χ1) is 9.60. The number of hydrogen-bond acceptors (Lipinski definition) is 4. The molecule has 1 heterocycles. The molecule has 0 aliphatic carbocycles. The third kappa shape index (κ3) is 5.49. The van der Waals surface area contributed by atoms with Crippen LogP contribution in [0.25, 0.3) is 0 Å². The maximum absolute atomic E-state index is 11.7. The molecular weight excluding hydrogens is 276 g/mol. The van der Waals surface area contributed by atoms with Crippen LogP contribution in [0.15, 0.2) is 0 Å². The van der Waals surface area contributed by atoms with Crippen LogP contribution < -0.4 is 11.1 Å². The topological polar surface area (TPSA) is 129 Å². The quantitative estimate of drug-likeness (QED) is 0.445. The molecule has 0 radical (unpaired) electrons. The molecule has 8 nitrogen and oxygen atoms in total. The van der Waals surface area contributed by atoms with Crippen molar-refractivity contribution < 1.29 is 19.4 Å². The third-order valence-corrected chi connectivity index (χ3v) is 3.29. The number of likely N-dealkylation sites (tertiary alicyclic amines) is 1. The van der Waals surface area contributed by atoms with Gasteiger partial charge in [-0.2, -0.15) is 0 Å². The second-order valence-electron chi connectivity index (χ2n) is 6.17. The lowest BCUT2D eigenvalue weighted by Crippen LogP contribution is -2.52. The zero-order valence-electron chi connectivity index (χ0n) is 12.7. The van der Waals surface area contributed by atoms with Gasteiger partial charge in [0.1, 0.15) is 11.6 Å². The molecule has 21 heavy (non-hydrogen) atoms. The third-order valence-electron chi connectivity index (χ3n) is 3.29. The zero-order chi connectivity index (χ0) is 16.2. The van der Waals surface area contributed by atoms with Crippen LogP contribution in [0.1, 0.15) is 33.6 Å². The average Bonchev–Trinajstić information content (AvgIpc) is 2.33.